The molecule has 0 aromatic heterocycles. The summed E-state index contributed by atoms with van der Waals surface area (Å²) in [7, 11) is 4.22. The molecule has 2 radical (unpaired) electrons. The van der Waals surface area contributed by atoms with Gasteiger partial charge in [0.1, 0.15) is 0 Å². The lowest BCUT2D eigenvalue weighted by Crippen LogP contribution is -2.40. The predicted octanol–water partition coefficient (Wildman–Crippen LogP) is -0.115. The summed E-state index contributed by atoms with van der Waals surface area (Å²) in [6.45, 7) is 0.108. The minimum atomic E-state index is -3.54. The van der Waals surface area contributed by atoms with Crippen molar-refractivity contribution in [2.75, 3.05) is 27.4 Å². The fourth-order valence-electron chi connectivity index (χ4n) is 0.863. The molecule has 0 fully saturated rings. The van der Waals surface area contributed by atoms with Gasteiger partial charge < -0.3 is 24.0 Å². The summed E-state index contributed by atoms with van der Waals surface area (Å²) in [6.07, 6.45) is -0.148. The average Bonchev–Trinajstić information content (AvgIpc) is 2.26. The van der Waals surface area contributed by atoms with Gasteiger partial charge in [-0.3, -0.25) is 4.79 Å². The Hall–Kier alpha value is -0.395. The molecule has 2 unspecified atom stereocenters. The second-order valence-corrected chi connectivity index (χ2v) is 4.59. The van der Waals surface area contributed by atoms with Crippen LogP contribution in [0.4, 0.5) is 0 Å². The van der Waals surface area contributed by atoms with E-state index in [-0.39, 0.29) is 25.4 Å². The van der Waals surface area contributed by atoms with E-state index in [2.05, 4.69) is 9.84 Å². The number of rotatable bonds is 8. The molecule has 92 valence electrons. The van der Waals surface area contributed by atoms with Crippen LogP contribution >= 0.6 is 7.74 Å². The van der Waals surface area contributed by atoms with Gasteiger partial charge in [-0.25, -0.2) is 5.16 Å². The first-order valence-electron chi connectivity index (χ1n) is 4.50. The van der Waals surface area contributed by atoms with E-state index in [9.17, 15) is 9.69 Å². The maximum Gasteiger partial charge on any atom is 0.349 e. The fraction of sp³-hybridized carbons (Fsp3) is 0.857. The third-order valence-electron chi connectivity index (χ3n) is 1.62. The normalized spacial score (nSPS) is 16.4. The van der Waals surface area contributed by atoms with Gasteiger partial charge in [-0.15, -0.1) is 0 Å². The summed E-state index contributed by atoms with van der Waals surface area (Å²) in [5, 5.41) is 9.69. The van der Waals surface area contributed by atoms with Gasteiger partial charge in [0, 0.05) is 14.2 Å². The van der Waals surface area contributed by atoms with Crippen molar-refractivity contribution in [1.29, 1.82) is 5.16 Å². The second-order valence-electron chi connectivity index (χ2n) is 2.92. The van der Waals surface area contributed by atoms with Gasteiger partial charge in [0.2, 0.25) is 5.91 Å². The van der Waals surface area contributed by atoms with Crippen molar-refractivity contribution in [3.63, 3.8) is 0 Å². The molecule has 9 heteroatoms. The van der Waals surface area contributed by atoms with Crippen LogP contribution < -0.4 is 5.32 Å². The van der Waals surface area contributed by atoms with E-state index in [1.54, 1.807) is 0 Å². The number of nitrogens with one attached hydrogen (secondary N) is 2. The molecule has 0 spiro atoms. The summed E-state index contributed by atoms with van der Waals surface area (Å²) in [5.41, 5.74) is 0. The van der Waals surface area contributed by atoms with Gasteiger partial charge in [0.15, 0.2) is 0 Å². The van der Waals surface area contributed by atoms with E-state index in [1.807, 2.05) is 0 Å². The number of carbonyl (C=O) groups is 1. The smallest absolute Gasteiger partial charge is 0.349 e. The van der Waals surface area contributed by atoms with E-state index in [0.717, 1.165) is 0 Å². The molecule has 7 nitrogen and oxygen atoms in total. The van der Waals surface area contributed by atoms with E-state index >= 15 is 0 Å². The second kappa shape index (κ2) is 7.81. The van der Waals surface area contributed by atoms with E-state index in [4.69, 9.17) is 22.3 Å². The Morgan fingerprint density at radius 2 is 2.19 bits per heavy atom. The molecule has 0 saturated carbocycles. The van der Waals surface area contributed by atoms with Gasteiger partial charge >= 0.3 is 7.74 Å². The largest absolute Gasteiger partial charge is 0.382 e. The number of amides is 1. The Labute approximate surface area is 96.0 Å². The number of methoxy groups -OCH3 is 1. The van der Waals surface area contributed by atoms with E-state index < -0.39 is 13.8 Å². The first-order valence-corrected chi connectivity index (χ1v) is 6.08. The van der Waals surface area contributed by atoms with Crippen LogP contribution in [0.2, 0.25) is 6.32 Å². The van der Waals surface area contributed by atoms with Crippen molar-refractivity contribution in [3.8, 4) is 0 Å². The fourth-order valence-corrected chi connectivity index (χ4v) is 1.35. The van der Waals surface area contributed by atoms with Crippen LogP contribution in [0.25, 0.3) is 0 Å². The van der Waals surface area contributed by atoms with Crippen LogP contribution in [-0.2, 0) is 18.6 Å². The van der Waals surface area contributed by atoms with Gasteiger partial charge in [0.25, 0.3) is 0 Å². The van der Waals surface area contributed by atoms with E-state index in [1.165, 1.54) is 14.2 Å². The molecule has 0 aromatic rings. The van der Waals surface area contributed by atoms with Gasteiger partial charge in [-0.05, 0) is 6.32 Å². The SMILES string of the molecule is [B]CC(=O)NC(COC)COP(=N)(O)OC. The Balaban J connectivity index is 4.13. The Kier molecular flexibility index (Phi) is 7.62. The van der Waals surface area contributed by atoms with Crippen molar-refractivity contribution < 1.29 is 23.5 Å². The first-order chi connectivity index (χ1) is 7.45. The minimum absolute atomic E-state index is 0.0821. The number of ether oxygens (including phenoxy) is 1. The third-order valence-corrected chi connectivity index (χ3v) is 2.61. The van der Waals surface area contributed by atoms with Crippen molar-refractivity contribution >= 4 is 21.5 Å². The van der Waals surface area contributed by atoms with Crippen LogP contribution in [0.15, 0.2) is 0 Å². The molecule has 0 saturated heterocycles. The predicted molar refractivity (Wildman–Crippen MR) is 59.2 cm³/mol. The topological polar surface area (TPSA) is 101 Å². The highest BCUT2D eigenvalue weighted by atomic mass is 31.2. The molecule has 0 bridgehead atoms. The summed E-state index contributed by atoms with van der Waals surface area (Å²) in [5.74, 6) is -0.366. The highest BCUT2D eigenvalue weighted by molar-refractivity contribution is 7.48. The Bertz CT molecular complexity index is 265. The van der Waals surface area contributed by atoms with Crippen molar-refractivity contribution in [2.24, 2.45) is 0 Å². The zero-order valence-corrected chi connectivity index (χ0v) is 10.2. The maximum atomic E-state index is 11.0. The monoisotopic (exact) mass is 250 g/mol. The highest BCUT2D eigenvalue weighted by Gasteiger charge is 2.18. The van der Waals surface area contributed by atoms with Crippen LogP contribution in [0, 0.1) is 5.16 Å². The van der Waals surface area contributed by atoms with Crippen LogP contribution in [0.3, 0.4) is 0 Å². The van der Waals surface area contributed by atoms with Gasteiger partial charge in [0.05, 0.1) is 27.1 Å². The van der Waals surface area contributed by atoms with Gasteiger partial charge in [-0.2, -0.15) is 0 Å². The minimum Gasteiger partial charge on any atom is -0.382 e. The van der Waals surface area contributed by atoms with Crippen molar-refractivity contribution in [1.82, 2.24) is 5.32 Å². The molecule has 3 N–H and O–H groups in total. The summed E-state index contributed by atoms with van der Waals surface area (Å²) < 4.78 is 14.1. The standard InChI is InChI=1S/C7H16BN2O5P/c1-13-4-6(10-7(11)3-8)5-15-16(9,12)14-2/h6H,3-5H2,1-2H3,(H2,9,12)(H,10,11). The number of hydrogen-bond donors (Lipinski definition) is 3. The zero-order chi connectivity index (χ0) is 12.6. The number of hydrogen-bond acceptors (Lipinski definition) is 5. The lowest BCUT2D eigenvalue weighted by molar-refractivity contribution is -0.120. The molecule has 0 aliphatic carbocycles. The lowest BCUT2D eigenvalue weighted by atomic mass is 10.0. The zero-order valence-electron chi connectivity index (χ0n) is 9.30. The van der Waals surface area contributed by atoms with Crippen LogP contribution in [0.5, 0.6) is 0 Å². The molecule has 0 aliphatic rings. The third kappa shape index (κ3) is 6.97. The summed E-state index contributed by atoms with van der Waals surface area (Å²) in [4.78, 5) is 20.2. The average molecular weight is 250 g/mol. The molecule has 0 aromatic carbocycles. The Morgan fingerprint density at radius 3 is 2.62 bits per heavy atom. The molecule has 0 aliphatic heterocycles. The molecule has 0 heterocycles. The molecular formula is C7H16BN2O5P. The number of carbonyl (C=O) groups excluding carboxylic acids is 1. The Morgan fingerprint density at radius 1 is 1.56 bits per heavy atom. The van der Waals surface area contributed by atoms with Crippen LogP contribution in [0.1, 0.15) is 0 Å². The van der Waals surface area contributed by atoms with Crippen molar-refractivity contribution in [3.05, 3.63) is 0 Å². The molecule has 16 heavy (non-hydrogen) atoms. The molecule has 1 amide bonds. The summed E-state index contributed by atoms with van der Waals surface area (Å²) >= 11 is 0. The molecule has 0 rings (SSSR count). The van der Waals surface area contributed by atoms with E-state index in [0.29, 0.717) is 0 Å². The van der Waals surface area contributed by atoms with Gasteiger partial charge in [-0.1, -0.05) is 0 Å². The highest BCUT2D eigenvalue weighted by Crippen LogP contribution is 2.42. The summed E-state index contributed by atoms with van der Waals surface area (Å²) in [6, 6.07) is -0.479. The molecule has 2 atom stereocenters. The lowest BCUT2D eigenvalue weighted by Gasteiger charge is -2.20. The quantitative estimate of drug-likeness (QED) is 0.412. The van der Waals surface area contributed by atoms with Crippen molar-refractivity contribution in [2.45, 2.75) is 12.4 Å². The first kappa shape index (κ1) is 15.6. The maximum absolute atomic E-state index is 11.0. The van der Waals surface area contributed by atoms with Crippen LogP contribution in [-0.4, -0.2) is 52.1 Å². The molecular weight excluding hydrogens is 234 g/mol.